The van der Waals surface area contributed by atoms with Gasteiger partial charge in [-0.05, 0) is 13.8 Å². The van der Waals surface area contributed by atoms with E-state index < -0.39 is 0 Å². The lowest BCUT2D eigenvalue weighted by Crippen LogP contribution is -2.07. The standard InChI is InChI=1S/C12H13ClN6/c1-3-14-10-7-18-5-4-15-11(18)12(16-10)19-6-9(13)8(2)17-19/h4-7,14H,3H2,1-2H3. The van der Waals surface area contributed by atoms with Crippen LogP contribution in [0.3, 0.4) is 0 Å². The second kappa shape index (κ2) is 4.55. The van der Waals surface area contributed by atoms with Crippen LogP contribution in [0.15, 0.2) is 24.8 Å². The maximum atomic E-state index is 6.05. The number of anilines is 1. The molecule has 3 heterocycles. The molecule has 3 rings (SSSR count). The zero-order valence-electron chi connectivity index (χ0n) is 10.6. The third-order valence-corrected chi connectivity index (χ3v) is 3.14. The molecule has 7 heteroatoms. The summed E-state index contributed by atoms with van der Waals surface area (Å²) in [7, 11) is 0. The van der Waals surface area contributed by atoms with Gasteiger partial charge in [0.1, 0.15) is 5.82 Å². The summed E-state index contributed by atoms with van der Waals surface area (Å²) in [5.41, 5.74) is 1.50. The minimum atomic E-state index is 0.611. The highest BCUT2D eigenvalue weighted by molar-refractivity contribution is 6.31. The highest BCUT2D eigenvalue weighted by Gasteiger charge is 2.12. The average molecular weight is 277 g/mol. The van der Waals surface area contributed by atoms with Gasteiger partial charge in [0.15, 0.2) is 11.5 Å². The van der Waals surface area contributed by atoms with Crippen molar-refractivity contribution in [3.8, 4) is 5.82 Å². The Labute approximate surface area is 115 Å². The van der Waals surface area contributed by atoms with Crippen LogP contribution >= 0.6 is 11.6 Å². The molecule has 0 aliphatic rings. The van der Waals surface area contributed by atoms with E-state index in [1.165, 1.54) is 0 Å². The van der Waals surface area contributed by atoms with Crippen LogP contribution in [0.4, 0.5) is 5.82 Å². The van der Waals surface area contributed by atoms with Gasteiger partial charge in [-0.2, -0.15) is 5.10 Å². The first kappa shape index (κ1) is 12.0. The number of imidazole rings is 1. The molecule has 0 aliphatic heterocycles. The highest BCUT2D eigenvalue weighted by atomic mass is 35.5. The molecule has 1 N–H and O–H groups in total. The molecule has 0 unspecified atom stereocenters. The molecular weight excluding hydrogens is 264 g/mol. The second-order valence-electron chi connectivity index (χ2n) is 4.15. The lowest BCUT2D eigenvalue weighted by atomic mass is 10.5. The lowest BCUT2D eigenvalue weighted by Gasteiger charge is -2.07. The molecule has 0 saturated carbocycles. The van der Waals surface area contributed by atoms with Gasteiger partial charge in [-0.3, -0.25) is 0 Å². The van der Waals surface area contributed by atoms with E-state index in [4.69, 9.17) is 11.6 Å². The molecule has 0 atom stereocenters. The molecule has 0 amide bonds. The van der Waals surface area contributed by atoms with Crippen LogP contribution in [0.1, 0.15) is 12.6 Å². The van der Waals surface area contributed by atoms with Crippen molar-refractivity contribution in [1.29, 1.82) is 0 Å². The molecule has 0 spiro atoms. The fraction of sp³-hybridized carbons (Fsp3) is 0.250. The van der Waals surface area contributed by atoms with Crippen LogP contribution in [0, 0.1) is 6.92 Å². The van der Waals surface area contributed by atoms with Crippen LogP contribution < -0.4 is 5.32 Å². The normalized spacial score (nSPS) is 11.1. The van der Waals surface area contributed by atoms with Gasteiger partial charge in [-0.25, -0.2) is 14.6 Å². The van der Waals surface area contributed by atoms with Gasteiger partial charge in [-0.15, -0.1) is 0 Å². The zero-order valence-corrected chi connectivity index (χ0v) is 11.4. The first-order valence-electron chi connectivity index (χ1n) is 5.98. The van der Waals surface area contributed by atoms with E-state index >= 15 is 0 Å². The number of halogens is 1. The Bertz CT molecular complexity index is 709. The number of fused-ring (bicyclic) bond motifs is 1. The molecule has 3 aromatic rings. The summed E-state index contributed by atoms with van der Waals surface area (Å²) in [5, 5.41) is 8.15. The first-order chi connectivity index (χ1) is 9.19. The first-order valence-corrected chi connectivity index (χ1v) is 6.36. The van der Waals surface area contributed by atoms with Crippen LogP contribution in [-0.2, 0) is 0 Å². The predicted octanol–water partition coefficient (Wildman–Crippen LogP) is 2.31. The third kappa shape index (κ3) is 2.04. The Kier molecular flexibility index (Phi) is 2.87. The van der Waals surface area contributed by atoms with E-state index in [-0.39, 0.29) is 0 Å². The Morgan fingerprint density at radius 2 is 2.21 bits per heavy atom. The molecule has 0 fully saturated rings. The van der Waals surface area contributed by atoms with Crippen LogP contribution in [0.5, 0.6) is 0 Å². The van der Waals surface area contributed by atoms with E-state index in [9.17, 15) is 0 Å². The number of aryl methyl sites for hydroxylation is 1. The van der Waals surface area contributed by atoms with Gasteiger partial charge in [-0.1, -0.05) is 11.6 Å². The number of hydrogen-bond donors (Lipinski definition) is 1. The summed E-state index contributed by atoms with van der Waals surface area (Å²) in [6.45, 7) is 4.68. The Hall–Kier alpha value is -2.08. The number of nitrogens with zero attached hydrogens (tertiary/aromatic N) is 5. The van der Waals surface area contributed by atoms with Crippen molar-refractivity contribution < 1.29 is 0 Å². The second-order valence-corrected chi connectivity index (χ2v) is 4.55. The average Bonchev–Trinajstić information content (AvgIpc) is 2.96. The maximum absolute atomic E-state index is 6.05. The van der Waals surface area contributed by atoms with E-state index in [1.54, 1.807) is 17.1 Å². The molecule has 0 aliphatic carbocycles. The summed E-state index contributed by atoms with van der Waals surface area (Å²) in [5.74, 6) is 1.42. The highest BCUT2D eigenvalue weighted by Crippen LogP contribution is 2.19. The van der Waals surface area contributed by atoms with E-state index in [2.05, 4.69) is 20.4 Å². The number of nitrogens with one attached hydrogen (secondary N) is 1. The van der Waals surface area contributed by atoms with Gasteiger partial charge >= 0.3 is 0 Å². The van der Waals surface area contributed by atoms with Gasteiger partial charge in [0.05, 0.1) is 23.1 Å². The fourth-order valence-electron chi connectivity index (χ4n) is 1.88. The molecule has 19 heavy (non-hydrogen) atoms. The molecule has 3 aromatic heterocycles. The smallest absolute Gasteiger partial charge is 0.199 e. The number of hydrogen-bond acceptors (Lipinski definition) is 4. The SMILES string of the molecule is CCNc1cn2ccnc2c(-n2cc(Cl)c(C)n2)n1. The monoisotopic (exact) mass is 276 g/mol. The summed E-state index contributed by atoms with van der Waals surface area (Å²) >= 11 is 6.05. The quantitative estimate of drug-likeness (QED) is 0.797. The summed E-state index contributed by atoms with van der Waals surface area (Å²) in [6, 6.07) is 0. The maximum Gasteiger partial charge on any atom is 0.199 e. The summed E-state index contributed by atoms with van der Waals surface area (Å²) in [6.07, 6.45) is 7.24. The van der Waals surface area contributed by atoms with Crippen molar-refractivity contribution >= 4 is 23.1 Å². The molecule has 98 valence electrons. The predicted molar refractivity (Wildman–Crippen MR) is 74.0 cm³/mol. The number of rotatable bonds is 3. The van der Waals surface area contributed by atoms with E-state index in [1.807, 2.05) is 30.6 Å². The van der Waals surface area contributed by atoms with E-state index in [0.29, 0.717) is 10.8 Å². The molecule has 0 radical (unpaired) electrons. The Morgan fingerprint density at radius 3 is 2.89 bits per heavy atom. The molecule has 0 aromatic carbocycles. The van der Waals surface area contributed by atoms with Crippen molar-refractivity contribution in [2.45, 2.75) is 13.8 Å². The fourth-order valence-corrected chi connectivity index (χ4v) is 2.01. The topological polar surface area (TPSA) is 60.0 Å². The van der Waals surface area contributed by atoms with Gasteiger partial charge in [0.2, 0.25) is 0 Å². The minimum absolute atomic E-state index is 0.611. The Morgan fingerprint density at radius 1 is 1.37 bits per heavy atom. The number of aromatic nitrogens is 5. The van der Waals surface area contributed by atoms with Crippen molar-refractivity contribution in [1.82, 2.24) is 24.1 Å². The molecule has 0 saturated heterocycles. The third-order valence-electron chi connectivity index (χ3n) is 2.77. The van der Waals surface area contributed by atoms with Crippen molar-refractivity contribution in [3.05, 3.63) is 35.5 Å². The zero-order chi connectivity index (χ0) is 13.4. The van der Waals surface area contributed by atoms with E-state index in [0.717, 1.165) is 23.7 Å². The lowest BCUT2D eigenvalue weighted by molar-refractivity contribution is 0.828. The van der Waals surface area contributed by atoms with Crippen LogP contribution in [-0.4, -0.2) is 30.7 Å². The van der Waals surface area contributed by atoms with Crippen LogP contribution in [0.25, 0.3) is 11.5 Å². The molecule has 0 bridgehead atoms. The van der Waals surface area contributed by atoms with Crippen molar-refractivity contribution in [2.75, 3.05) is 11.9 Å². The van der Waals surface area contributed by atoms with Crippen molar-refractivity contribution in [2.24, 2.45) is 0 Å². The van der Waals surface area contributed by atoms with Crippen molar-refractivity contribution in [3.63, 3.8) is 0 Å². The Balaban J connectivity index is 2.22. The van der Waals surface area contributed by atoms with Gasteiger partial charge in [0.25, 0.3) is 0 Å². The van der Waals surface area contributed by atoms with Gasteiger partial charge in [0, 0.05) is 18.9 Å². The molecule has 6 nitrogen and oxygen atoms in total. The summed E-state index contributed by atoms with van der Waals surface area (Å²) in [4.78, 5) is 8.84. The molecular formula is C12H13ClN6. The summed E-state index contributed by atoms with van der Waals surface area (Å²) < 4.78 is 3.56. The van der Waals surface area contributed by atoms with Gasteiger partial charge < -0.3 is 9.72 Å². The van der Waals surface area contributed by atoms with Crippen LogP contribution in [0.2, 0.25) is 5.02 Å². The largest absolute Gasteiger partial charge is 0.369 e. The minimum Gasteiger partial charge on any atom is -0.369 e.